The maximum atomic E-state index is 5.48. The number of halogens is 1. The van der Waals surface area contributed by atoms with E-state index in [1.165, 1.54) is 12.8 Å². The van der Waals surface area contributed by atoms with Gasteiger partial charge >= 0.3 is 0 Å². The summed E-state index contributed by atoms with van der Waals surface area (Å²) in [7, 11) is 0. The molecule has 2 unspecified atom stereocenters. The lowest BCUT2D eigenvalue weighted by molar-refractivity contribution is -0.00892. The average Bonchev–Trinajstić information content (AvgIpc) is 2.54. The highest BCUT2D eigenvalue weighted by Gasteiger charge is 2.31. The molecule has 2 rings (SSSR count). The van der Waals surface area contributed by atoms with Gasteiger partial charge in [-0.1, -0.05) is 15.9 Å². The molecule has 0 saturated carbocycles. The van der Waals surface area contributed by atoms with E-state index in [0.29, 0.717) is 11.1 Å². The lowest BCUT2D eigenvalue weighted by Crippen LogP contribution is -2.34. The third-order valence-corrected chi connectivity index (χ3v) is 3.26. The first-order valence-electron chi connectivity index (χ1n) is 4.62. The standard InChI is InChI=1S/C8H15BrN2O/c9-8-5-7(12-11-8)6-1-3-10-4-2-6/h6-8,10-11H,1-5H2. The molecule has 2 fully saturated rings. The minimum atomic E-state index is 0.359. The molecule has 0 radical (unpaired) electrons. The first-order valence-corrected chi connectivity index (χ1v) is 5.54. The van der Waals surface area contributed by atoms with E-state index >= 15 is 0 Å². The van der Waals surface area contributed by atoms with Crippen molar-refractivity contribution in [2.24, 2.45) is 5.92 Å². The quantitative estimate of drug-likeness (QED) is 0.525. The van der Waals surface area contributed by atoms with Crippen LogP contribution in [0.2, 0.25) is 0 Å². The predicted molar refractivity (Wildman–Crippen MR) is 50.9 cm³/mol. The normalized spacial score (nSPS) is 38.8. The maximum Gasteiger partial charge on any atom is 0.0897 e. The Morgan fingerprint density at radius 2 is 2.00 bits per heavy atom. The first-order chi connectivity index (χ1) is 5.86. The largest absolute Gasteiger partial charge is 0.317 e. The van der Waals surface area contributed by atoms with Crippen molar-refractivity contribution in [2.75, 3.05) is 13.1 Å². The topological polar surface area (TPSA) is 33.3 Å². The van der Waals surface area contributed by atoms with Crippen LogP contribution < -0.4 is 10.8 Å². The molecule has 2 saturated heterocycles. The molecule has 0 spiro atoms. The number of rotatable bonds is 1. The number of alkyl halides is 1. The molecule has 12 heavy (non-hydrogen) atoms. The van der Waals surface area contributed by atoms with Gasteiger partial charge < -0.3 is 5.32 Å². The lowest BCUT2D eigenvalue weighted by Gasteiger charge is -2.26. The van der Waals surface area contributed by atoms with Gasteiger partial charge in [0.2, 0.25) is 0 Å². The molecule has 2 heterocycles. The zero-order valence-electron chi connectivity index (χ0n) is 7.05. The summed E-state index contributed by atoms with van der Waals surface area (Å²) in [5.74, 6) is 0.751. The van der Waals surface area contributed by atoms with Gasteiger partial charge in [-0.2, -0.15) is 5.48 Å². The second kappa shape index (κ2) is 4.05. The van der Waals surface area contributed by atoms with Crippen molar-refractivity contribution in [3.63, 3.8) is 0 Å². The summed E-state index contributed by atoms with van der Waals surface area (Å²) in [6, 6.07) is 0. The predicted octanol–water partition coefficient (Wildman–Crippen LogP) is 1.00. The van der Waals surface area contributed by atoms with Crippen LogP contribution in [0.4, 0.5) is 0 Å². The van der Waals surface area contributed by atoms with Gasteiger partial charge in [0.25, 0.3) is 0 Å². The van der Waals surface area contributed by atoms with E-state index < -0.39 is 0 Å². The smallest absolute Gasteiger partial charge is 0.0897 e. The SMILES string of the molecule is BrC1CC(C2CCNCC2)ON1. The second-order valence-electron chi connectivity index (χ2n) is 3.56. The average molecular weight is 235 g/mol. The summed E-state index contributed by atoms with van der Waals surface area (Å²) in [5, 5.41) is 3.36. The van der Waals surface area contributed by atoms with E-state index in [-0.39, 0.29) is 0 Å². The number of hydrogen-bond donors (Lipinski definition) is 2. The van der Waals surface area contributed by atoms with Crippen molar-refractivity contribution in [3.05, 3.63) is 0 Å². The Morgan fingerprint density at radius 3 is 2.58 bits per heavy atom. The summed E-state index contributed by atoms with van der Waals surface area (Å²) < 4.78 is 0. The number of nitrogens with one attached hydrogen (secondary N) is 2. The molecule has 70 valence electrons. The van der Waals surface area contributed by atoms with Crippen molar-refractivity contribution in [2.45, 2.75) is 30.3 Å². The summed E-state index contributed by atoms with van der Waals surface area (Å²) in [5.41, 5.74) is 2.96. The summed E-state index contributed by atoms with van der Waals surface area (Å²) >= 11 is 3.49. The Morgan fingerprint density at radius 1 is 1.25 bits per heavy atom. The zero-order chi connectivity index (χ0) is 8.39. The lowest BCUT2D eigenvalue weighted by atomic mass is 9.91. The van der Waals surface area contributed by atoms with Crippen molar-refractivity contribution in [1.82, 2.24) is 10.8 Å². The van der Waals surface area contributed by atoms with Gasteiger partial charge in [-0.15, -0.1) is 0 Å². The highest BCUT2D eigenvalue weighted by molar-refractivity contribution is 9.09. The summed E-state index contributed by atoms with van der Waals surface area (Å²) in [6.07, 6.45) is 4.04. The van der Waals surface area contributed by atoms with Crippen molar-refractivity contribution < 1.29 is 4.84 Å². The van der Waals surface area contributed by atoms with Gasteiger partial charge in [-0.25, -0.2) is 0 Å². The maximum absolute atomic E-state index is 5.48. The van der Waals surface area contributed by atoms with Crippen molar-refractivity contribution >= 4 is 15.9 Å². The monoisotopic (exact) mass is 234 g/mol. The van der Waals surface area contributed by atoms with E-state index in [1.54, 1.807) is 0 Å². The first kappa shape index (κ1) is 8.94. The van der Waals surface area contributed by atoms with Gasteiger partial charge in [0.05, 0.1) is 11.1 Å². The van der Waals surface area contributed by atoms with Crippen LogP contribution >= 0.6 is 15.9 Å². The fraction of sp³-hybridized carbons (Fsp3) is 1.00. The molecular weight excluding hydrogens is 220 g/mol. The Hall–Kier alpha value is 0.360. The summed E-state index contributed by atoms with van der Waals surface area (Å²) in [4.78, 5) is 5.84. The molecule has 0 aliphatic carbocycles. The van der Waals surface area contributed by atoms with E-state index in [0.717, 1.165) is 25.4 Å². The molecule has 3 nitrogen and oxygen atoms in total. The molecule has 2 aliphatic heterocycles. The number of hydroxylamine groups is 1. The van der Waals surface area contributed by atoms with Crippen LogP contribution in [0, 0.1) is 5.92 Å². The molecule has 0 aromatic heterocycles. The van der Waals surface area contributed by atoms with Gasteiger partial charge in [0.1, 0.15) is 0 Å². The van der Waals surface area contributed by atoms with Crippen LogP contribution in [0.5, 0.6) is 0 Å². The molecule has 2 N–H and O–H groups in total. The minimum absolute atomic E-state index is 0.359. The van der Waals surface area contributed by atoms with Crippen LogP contribution in [0.3, 0.4) is 0 Å². The Balaban J connectivity index is 1.83. The highest BCUT2D eigenvalue weighted by atomic mass is 79.9. The van der Waals surface area contributed by atoms with Crippen molar-refractivity contribution in [1.29, 1.82) is 0 Å². The van der Waals surface area contributed by atoms with Crippen LogP contribution in [0.1, 0.15) is 19.3 Å². The fourth-order valence-corrected chi connectivity index (χ4v) is 2.44. The fourth-order valence-electron chi connectivity index (χ4n) is 1.97. The van der Waals surface area contributed by atoms with Crippen LogP contribution in [-0.2, 0) is 4.84 Å². The molecule has 4 heteroatoms. The molecule has 0 bridgehead atoms. The molecule has 0 amide bonds. The Labute approximate surface area is 81.3 Å². The highest BCUT2D eigenvalue weighted by Crippen LogP contribution is 2.27. The van der Waals surface area contributed by atoms with E-state index in [4.69, 9.17) is 4.84 Å². The number of hydrogen-bond acceptors (Lipinski definition) is 3. The van der Waals surface area contributed by atoms with Crippen LogP contribution in [-0.4, -0.2) is 24.1 Å². The Bertz CT molecular complexity index is 147. The second-order valence-corrected chi connectivity index (χ2v) is 4.67. The van der Waals surface area contributed by atoms with Crippen LogP contribution in [0.25, 0.3) is 0 Å². The van der Waals surface area contributed by atoms with Gasteiger partial charge in [0.15, 0.2) is 0 Å². The molecule has 0 aromatic carbocycles. The van der Waals surface area contributed by atoms with Crippen LogP contribution in [0.15, 0.2) is 0 Å². The van der Waals surface area contributed by atoms with Crippen molar-refractivity contribution in [3.8, 4) is 0 Å². The zero-order valence-corrected chi connectivity index (χ0v) is 8.64. The third kappa shape index (κ3) is 1.99. The van der Waals surface area contributed by atoms with Gasteiger partial charge in [-0.05, 0) is 31.8 Å². The van der Waals surface area contributed by atoms with E-state index in [9.17, 15) is 0 Å². The minimum Gasteiger partial charge on any atom is -0.317 e. The third-order valence-electron chi connectivity index (χ3n) is 2.70. The van der Waals surface area contributed by atoms with Gasteiger partial charge in [-0.3, -0.25) is 4.84 Å². The summed E-state index contributed by atoms with van der Waals surface area (Å²) in [6.45, 7) is 2.30. The number of piperidine rings is 1. The van der Waals surface area contributed by atoms with E-state index in [1.807, 2.05) is 0 Å². The van der Waals surface area contributed by atoms with E-state index in [2.05, 4.69) is 26.7 Å². The molecule has 2 aliphatic rings. The van der Waals surface area contributed by atoms with Gasteiger partial charge in [0, 0.05) is 6.42 Å². The molecular formula is C8H15BrN2O. The molecule has 2 atom stereocenters. The Kier molecular flexibility index (Phi) is 3.01. The molecule has 0 aromatic rings.